The molecule has 1 aromatic carbocycles. The molecular formula is C20H28N4O3S. The van der Waals surface area contributed by atoms with Crippen molar-refractivity contribution in [3.8, 4) is 5.75 Å². The van der Waals surface area contributed by atoms with Crippen LogP contribution in [0.2, 0.25) is 0 Å². The highest BCUT2D eigenvalue weighted by Crippen LogP contribution is 2.25. The molecule has 2 aromatic rings. The van der Waals surface area contributed by atoms with E-state index in [2.05, 4.69) is 25.5 Å². The number of β-amino-alcohol motifs (C(OH)–C–C–N with tert-alkyl or cyclic N) is 1. The van der Waals surface area contributed by atoms with E-state index in [0.717, 1.165) is 37.0 Å². The molecule has 1 aromatic heterocycles. The Balaban J connectivity index is 1.59. The SMILES string of the molecule is Cc1csc(N2CCN(CC(O)c3ccc(O)c(C(=O)NC(C)C)c3)CC2)n1. The number of phenols is 1. The number of phenolic OH excluding ortho intramolecular Hbond substituents is 1. The number of nitrogens with one attached hydrogen (secondary N) is 1. The third-order valence-electron chi connectivity index (χ3n) is 4.75. The van der Waals surface area contributed by atoms with Crippen LogP contribution in [0.3, 0.4) is 0 Å². The van der Waals surface area contributed by atoms with Gasteiger partial charge in [0.1, 0.15) is 5.75 Å². The number of rotatable bonds is 6. The lowest BCUT2D eigenvalue weighted by Gasteiger charge is -2.35. The van der Waals surface area contributed by atoms with Gasteiger partial charge in [-0.15, -0.1) is 11.3 Å². The Bertz CT molecular complexity index is 816. The molecule has 0 bridgehead atoms. The van der Waals surface area contributed by atoms with Crippen LogP contribution in [0.25, 0.3) is 0 Å². The predicted molar refractivity (Wildman–Crippen MR) is 111 cm³/mol. The van der Waals surface area contributed by atoms with Crippen LogP contribution in [0.4, 0.5) is 5.13 Å². The largest absolute Gasteiger partial charge is 0.507 e. The van der Waals surface area contributed by atoms with Gasteiger partial charge in [-0.25, -0.2) is 4.98 Å². The van der Waals surface area contributed by atoms with Crippen LogP contribution >= 0.6 is 11.3 Å². The smallest absolute Gasteiger partial charge is 0.255 e. The summed E-state index contributed by atoms with van der Waals surface area (Å²) in [6.45, 7) is 9.64. The monoisotopic (exact) mass is 404 g/mol. The maximum absolute atomic E-state index is 12.2. The van der Waals surface area contributed by atoms with Crippen molar-refractivity contribution in [2.24, 2.45) is 0 Å². The van der Waals surface area contributed by atoms with Gasteiger partial charge >= 0.3 is 0 Å². The maximum Gasteiger partial charge on any atom is 0.255 e. The number of aliphatic hydroxyl groups excluding tert-OH is 1. The molecule has 152 valence electrons. The highest BCUT2D eigenvalue weighted by atomic mass is 32.1. The van der Waals surface area contributed by atoms with Crippen LogP contribution in [-0.2, 0) is 0 Å². The molecule has 7 nitrogen and oxygen atoms in total. The normalized spacial score (nSPS) is 16.4. The number of hydrogen-bond acceptors (Lipinski definition) is 7. The van der Waals surface area contributed by atoms with E-state index in [0.29, 0.717) is 12.1 Å². The Morgan fingerprint density at radius 2 is 2.00 bits per heavy atom. The number of thiazole rings is 1. The van der Waals surface area contributed by atoms with Crippen LogP contribution in [0.5, 0.6) is 5.75 Å². The Kier molecular flexibility index (Phi) is 6.53. The van der Waals surface area contributed by atoms with E-state index >= 15 is 0 Å². The minimum Gasteiger partial charge on any atom is -0.507 e. The number of aryl methyl sites for hydroxylation is 1. The molecule has 3 rings (SSSR count). The molecule has 1 unspecified atom stereocenters. The molecule has 1 aliphatic heterocycles. The van der Waals surface area contributed by atoms with Crippen molar-refractivity contribution < 1.29 is 15.0 Å². The average molecular weight is 405 g/mol. The second-order valence-corrected chi connectivity index (χ2v) is 8.32. The number of amides is 1. The molecule has 8 heteroatoms. The molecule has 1 amide bonds. The van der Waals surface area contributed by atoms with Gasteiger partial charge in [-0.1, -0.05) is 6.07 Å². The molecule has 1 fully saturated rings. The molecule has 0 radical (unpaired) electrons. The number of anilines is 1. The number of aromatic nitrogens is 1. The van der Waals surface area contributed by atoms with Gasteiger partial charge < -0.3 is 20.4 Å². The van der Waals surface area contributed by atoms with E-state index in [1.165, 1.54) is 6.07 Å². The van der Waals surface area contributed by atoms with Gasteiger partial charge in [0.25, 0.3) is 5.91 Å². The first-order valence-electron chi connectivity index (χ1n) is 9.54. The number of hydrogen-bond donors (Lipinski definition) is 3. The molecule has 1 saturated heterocycles. The van der Waals surface area contributed by atoms with Crippen molar-refractivity contribution in [3.63, 3.8) is 0 Å². The molecule has 0 spiro atoms. The van der Waals surface area contributed by atoms with E-state index in [-0.39, 0.29) is 23.3 Å². The molecule has 0 aliphatic carbocycles. The zero-order chi connectivity index (χ0) is 20.3. The molecule has 1 atom stereocenters. The van der Waals surface area contributed by atoms with Crippen molar-refractivity contribution in [1.29, 1.82) is 0 Å². The fourth-order valence-electron chi connectivity index (χ4n) is 3.24. The topological polar surface area (TPSA) is 88.9 Å². The van der Waals surface area contributed by atoms with Gasteiger partial charge in [0.2, 0.25) is 0 Å². The first-order chi connectivity index (χ1) is 13.3. The number of carbonyl (C=O) groups excluding carboxylic acids is 1. The lowest BCUT2D eigenvalue weighted by Crippen LogP contribution is -2.47. The average Bonchev–Trinajstić information content (AvgIpc) is 3.08. The van der Waals surface area contributed by atoms with E-state index in [9.17, 15) is 15.0 Å². The minimum atomic E-state index is -0.722. The summed E-state index contributed by atoms with van der Waals surface area (Å²) >= 11 is 1.66. The molecule has 3 N–H and O–H groups in total. The molecular weight excluding hydrogens is 376 g/mol. The number of nitrogens with zero attached hydrogens (tertiary/aromatic N) is 3. The van der Waals surface area contributed by atoms with E-state index in [1.54, 1.807) is 23.5 Å². The van der Waals surface area contributed by atoms with E-state index < -0.39 is 6.10 Å². The minimum absolute atomic E-state index is 0.0293. The number of piperazine rings is 1. The number of carbonyl (C=O) groups is 1. The summed E-state index contributed by atoms with van der Waals surface area (Å²) in [6.07, 6.45) is -0.722. The molecule has 28 heavy (non-hydrogen) atoms. The van der Waals surface area contributed by atoms with Crippen molar-refractivity contribution in [2.45, 2.75) is 32.9 Å². The van der Waals surface area contributed by atoms with Crippen LogP contribution in [0.15, 0.2) is 23.6 Å². The highest BCUT2D eigenvalue weighted by Gasteiger charge is 2.22. The third-order valence-corrected chi connectivity index (χ3v) is 5.77. The van der Waals surface area contributed by atoms with Crippen LogP contribution in [-0.4, -0.2) is 64.8 Å². The summed E-state index contributed by atoms with van der Waals surface area (Å²) in [6, 6.07) is 4.68. The number of aromatic hydroxyl groups is 1. The fourth-order valence-corrected chi connectivity index (χ4v) is 4.10. The van der Waals surface area contributed by atoms with Gasteiger partial charge in [0.15, 0.2) is 5.13 Å². The van der Waals surface area contributed by atoms with Crippen molar-refractivity contribution in [1.82, 2.24) is 15.2 Å². The summed E-state index contributed by atoms with van der Waals surface area (Å²) in [5.41, 5.74) is 1.86. The first kappa shape index (κ1) is 20.6. The lowest BCUT2D eigenvalue weighted by molar-refractivity contribution is 0.0938. The second-order valence-electron chi connectivity index (χ2n) is 7.48. The van der Waals surface area contributed by atoms with E-state index in [1.807, 2.05) is 20.8 Å². The van der Waals surface area contributed by atoms with Crippen LogP contribution < -0.4 is 10.2 Å². The van der Waals surface area contributed by atoms with Gasteiger partial charge in [0.05, 0.1) is 17.4 Å². The Morgan fingerprint density at radius 1 is 1.29 bits per heavy atom. The Labute approximate surface area is 169 Å². The van der Waals surface area contributed by atoms with Gasteiger partial charge in [-0.3, -0.25) is 9.69 Å². The number of aliphatic hydroxyl groups is 1. The summed E-state index contributed by atoms with van der Waals surface area (Å²) in [5.74, 6) is -0.421. The third kappa shape index (κ3) is 5.01. The molecule has 2 heterocycles. The van der Waals surface area contributed by atoms with Crippen molar-refractivity contribution in [3.05, 3.63) is 40.4 Å². The van der Waals surface area contributed by atoms with Gasteiger partial charge in [-0.2, -0.15) is 0 Å². The van der Waals surface area contributed by atoms with Gasteiger partial charge in [-0.05, 0) is 38.5 Å². The zero-order valence-corrected chi connectivity index (χ0v) is 17.4. The summed E-state index contributed by atoms with van der Waals surface area (Å²) in [4.78, 5) is 21.3. The van der Waals surface area contributed by atoms with E-state index in [4.69, 9.17) is 0 Å². The van der Waals surface area contributed by atoms with Gasteiger partial charge in [0, 0.05) is 44.1 Å². The first-order valence-corrected chi connectivity index (χ1v) is 10.4. The van der Waals surface area contributed by atoms with Crippen molar-refractivity contribution in [2.75, 3.05) is 37.6 Å². The Hall–Kier alpha value is -2.16. The molecule has 1 aliphatic rings. The predicted octanol–water partition coefficient (Wildman–Crippen LogP) is 2.15. The van der Waals surface area contributed by atoms with Crippen LogP contribution in [0.1, 0.15) is 41.6 Å². The molecule has 0 saturated carbocycles. The standard InChI is InChI=1S/C20H28N4O3S/c1-13(2)21-19(27)16-10-15(4-5-17(16)25)18(26)11-23-6-8-24(9-7-23)20-22-14(3)12-28-20/h4-5,10,12-13,18,25-26H,6-9,11H2,1-3H3,(H,21,27). The highest BCUT2D eigenvalue weighted by molar-refractivity contribution is 7.13. The Morgan fingerprint density at radius 3 is 2.61 bits per heavy atom. The quantitative estimate of drug-likeness (QED) is 0.684. The number of benzene rings is 1. The van der Waals surface area contributed by atoms with Crippen LogP contribution in [0, 0.1) is 6.92 Å². The maximum atomic E-state index is 12.2. The fraction of sp³-hybridized carbons (Fsp3) is 0.500. The summed E-state index contributed by atoms with van der Waals surface area (Å²) in [5, 5.41) is 26.5. The lowest BCUT2D eigenvalue weighted by atomic mass is 10.0. The zero-order valence-electron chi connectivity index (χ0n) is 16.6. The summed E-state index contributed by atoms with van der Waals surface area (Å²) < 4.78 is 0. The van der Waals surface area contributed by atoms with Crippen molar-refractivity contribution >= 4 is 22.4 Å². The summed E-state index contributed by atoms with van der Waals surface area (Å²) in [7, 11) is 0. The second kappa shape index (κ2) is 8.89.